The number of rotatable bonds is 4. The van der Waals surface area contributed by atoms with Gasteiger partial charge >= 0.3 is 0 Å². The van der Waals surface area contributed by atoms with E-state index in [1.165, 1.54) is 0 Å². The Bertz CT molecular complexity index is 117. The molecular formula is C10H24N2O. The largest absolute Gasteiger partial charge is 0.311 e. The second-order valence-electron chi connectivity index (χ2n) is 5.29. The lowest BCUT2D eigenvalue weighted by Gasteiger charge is -2.22. The summed E-state index contributed by atoms with van der Waals surface area (Å²) in [6.07, 6.45) is 0. The third-order valence-electron chi connectivity index (χ3n) is 1.26. The Kier molecular flexibility index (Phi) is 4.89. The molecule has 0 saturated heterocycles. The van der Waals surface area contributed by atoms with Crippen LogP contribution in [-0.4, -0.2) is 24.2 Å². The van der Waals surface area contributed by atoms with E-state index in [0.29, 0.717) is 0 Å². The maximum atomic E-state index is 5.35. The molecule has 0 aromatic carbocycles. The summed E-state index contributed by atoms with van der Waals surface area (Å²) in [5.41, 5.74) is 3.01. The van der Waals surface area contributed by atoms with E-state index in [1.807, 2.05) is 20.8 Å². The van der Waals surface area contributed by atoms with Gasteiger partial charge in [-0.15, -0.1) is 0 Å². The van der Waals surface area contributed by atoms with Crippen LogP contribution >= 0.6 is 0 Å². The van der Waals surface area contributed by atoms with Gasteiger partial charge in [-0.3, -0.25) is 4.84 Å². The quantitative estimate of drug-likeness (QED) is 0.520. The van der Waals surface area contributed by atoms with E-state index in [9.17, 15) is 0 Å². The van der Waals surface area contributed by atoms with Crippen molar-refractivity contribution in [2.75, 3.05) is 13.1 Å². The van der Waals surface area contributed by atoms with Gasteiger partial charge < -0.3 is 5.32 Å². The van der Waals surface area contributed by atoms with Crippen molar-refractivity contribution in [1.29, 1.82) is 0 Å². The highest BCUT2D eigenvalue weighted by Gasteiger charge is 2.10. The minimum Gasteiger partial charge on any atom is -0.311 e. The third-order valence-corrected chi connectivity index (χ3v) is 1.26. The van der Waals surface area contributed by atoms with Gasteiger partial charge in [-0.05, 0) is 41.5 Å². The summed E-state index contributed by atoms with van der Waals surface area (Å²) >= 11 is 0. The second-order valence-corrected chi connectivity index (χ2v) is 5.29. The normalized spacial score (nSPS) is 13.4. The first-order chi connectivity index (χ1) is 5.71. The molecule has 0 radical (unpaired) electrons. The summed E-state index contributed by atoms with van der Waals surface area (Å²) < 4.78 is 0. The first-order valence-electron chi connectivity index (χ1n) is 4.87. The molecular weight excluding hydrogens is 164 g/mol. The summed E-state index contributed by atoms with van der Waals surface area (Å²) in [5, 5.41) is 3.37. The summed E-state index contributed by atoms with van der Waals surface area (Å²) in [5.74, 6) is 0. The molecule has 0 atom stereocenters. The zero-order valence-electron chi connectivity index (χ0n) is 9.82. The van der Waals surface area contributed by atoms with E-state index < -0.39 is 0 Å². The maximum Gasteiger partial charge on any atom is 0.0812 e. The third kappa shape index (κ3) is 11.9. The van der Waals surface area contributed by atoms with Crippen molar-refractivity contribution in [1.82, 2.24) is 10.8 Å². The van der Waals surface area contributed by atoms with E-state index in [4.69, 9.17) is 4.84 Å². The fraction of sp³-hybridized carbons (Fsp3) is 1.00. The molecule has 0 unspecified atom stereocenters. The predicted molar refractivity (Wildman–Crippen MR) is 56.6 cm³/mol. The van der Waals surface area contributed by atoms with Crippen molar-refractivity contribution in [3.8, 4) is 0 Å². The fourth-order valence-electron chi connectivity index (χ4n) is 0.756. The van der Waals surface area contributed by atoms with Crippen molar-refractivity contribution in [2.24, 2.45) is 0 Å². The molecule has 0 amide bonds. The minimum atomic E-state index is -0.109. The van der Waals surface area contributed by atoms with Crippen molar-refractivity contribution >= 4 is 0 Å². The molecule has 0 aliphatic carbocycles. The van der Waals surface area contributed by atoms with Crippen molar-refractivity contribution in [3.05, 3.63) is 0 Å². The summed E-state index contributed by atoms with van der Waals surface area (Å²) in [7, 11) is 0. The van der Waals surface area contributed by atoms with E-state index in [-0.39, 0.29) is 11.1 Å². The number of hydroxylamine groups is 1. The van der Waals surface area contributed by atoms with Crippen LogP contribution < -0.4 is 10.8 Å². The molecule has 0 aliphatic heterocycles. The predicted octanol–water partition coefficient (Wildman–Crippen LogP) is 1.69. The Hall–Kier alpha value is -0.120. The Balaban J connectivity index is 3.28. The highest BCUT2D eigenvalue weighted by molar-refractivity contribution is 4.69. The van der Waals surface area contributed by atoms with Gasteiger partial charge in [0.05, 0.1) is 5.60 Å². The van der Waals surface area contributed by atoms with Crippen LogP contribution in [0.3, 0.4) is 0 Å². The van der Waals surface area contributed by atoms with Crippen LogP contribution in [0, 0.1) is 0 Å². The molecule has 80 valence electrons. The molecule has 13 heavy (non-hydrogen) atoms. The number of hydrogen-bond acceptors (Lipinski definition) is 3. The average molecular weight is 188 g/mol. The molecule has 0 bridgehead atoms. The Morgan fingerprint density at radius 3 is 1.85 bits per heavy atom. The lowest BCUT2D eigenvalue weighted by atomic mass is 10.1. The van der Waals surface area contributed by atoms with Crippen LogP contribution in [0.15, 0.2) is 0 Å². The summed E-state index contributed by atoms with van der Waals surface area (Å²) in [4.78, 5) is 5.35. The van der Waals surface area contributed by atoms with Crippen LogP contribution in [0.2, 0.25) is 0 Å². The van der Waals surface area contributed by atoms with Crippen molar-refractivity contribution in [2.45, 2.75) is 52.7 Å². The van der Waals surface area contributed by atoms with Crippen LogP contribution in [0.5, 0.6) is 0 Å². The molecule has 2 N–H and O–H groups in total. The van der Waals surface area contributed by atoms with Gasteiger partial charge in [-0.2, -0.15) is 0 Å². The molecule has 3 nitrogen and oxygen atoms in total. The first-order valence-corrected chi connectivity index (χ1v) is 4.87. The van der Waals surface area contributed by atoms with Gasteiger partial charge in [0.1, 0.15) is 0 Å². The van der Waals surface area contributed by atoms with E-state index in [2.05, 4.69) is 31.6 Å². The molecule has 0 aromatic rings. The zero-order chi connectivity index (χ0) is 10.5. The molecule has 0 saturated carbocycles. The Morgan fingerprint density at radius 2 is 1.46 bits per heavy atom. The molecule has 0 rings (SSSR count). The van der Waals surface area contributed by atoms with Gasteiger partial charge in [0.25, 0.3) is 0 Å². The lowest BCUT2D eigenvalue weighted by Crippen LogP contribution is -2.41. The van der Waals surface area contributed by atoms with Crippen LogP contribution in [0.1, 0.15) is 41.5 Å². The van der Waals surface area contributed by atoms with E-state index in [1.54, 1.807) is 0 Å². The molecule has 0 aliphatic rings. The smallest absolute Gasteiger partial charge is 0.0812 e. The Labute approximate surface area is 82.2 Å². The van der Waals surface area contributed by atoms with Crippen LogP contribution in [-0.2, 0) is 4.84 Å². The highest BCUT2D eigenvalue weighted by atomic mass is 16.7. The fourth-order valence-corrected chi connectivity index (χ4v) is 0.756. The van der Waals surface area contributed by atoms with Crippen LogP contribution in [0.25, 0.3) is 0 Å². The van der Waals surface area contributed by atoms with Gasteiger partial charge in [0.2, 0.25) is 0 Å². The minimum absolute atomic E-state index is 0.109. The SMILES string of the molecule is CC(C)(C)NCCNOC(C)(C)C. The first kappa shape index (κ1) is 12.9. The van der Waals surface area contributed by atoms with Gasteiger partial charge in [0.15, 0.2) is 0 Å². The maximum absolute atomic E-state index is 5.35. The van der Waals surface area contributed by atoms with Gasteiger partial charge in [-0.1, -0.05) is 0 Å². The number of nitrogens with one attached hydrogen (secondary N) is 2. The summed E-state index contributed by atoms with van der Waals surface area (Å²) in [6.45, 7) is 14.3. The van der Waals surface area contributed by atoms with E-state index in [0.717, 1.165) is 13.1 Å². The number of hydrogen-bond donors (Lipinski definition) is 2. The monoisotopic (exact) mass is 188 g/mol. The second kappa shape index (κ2) is 4.94. The molecule has 3 heteroatoms. The van der Waals surface area contributed by atoms with Crippen LogP contribution in [0.4, 0.5) is 0 Å². The zero-order valence-corrected chi connectivity index (χ0v) is 9.82. The van der Waals surface area contributed by atoms with Gasteiger partial charge in [0, 0.05) is 18.6 Å². The highest BCUT2D eigenvalue weighted by Crippen LogP contribution is 2.03. The molecule has 0 aromatic heterocycles. The van der Waals surface area contributed by atoms with Crippen molar-refractivity contribution in [3.63, 3.8) is 0 Å². The topological polar surface area (TPSA) is 33.3 Å². The molecule has 0 heterocycles. The van der Waals surface area contributed by atoms with Crippen molar-refractivity contribution < 1.29 is 4.84 Å². The lowest BCUT2D eigenvalue weighted by molar-refractivity contribution is -0.0719. The van der Waals surface area contributed by atoms with Gasteiger partial charge in [-0.25, -0.2) is 5.48 Å². The molecule has 0 spiro atoms. The molecule has 0 fully saturated rings. The van der Waals surface area contributed by atoms with E-state index >= 15 is 0 Å². The standard InChI is InChI=1S/C10H24N2O/c1-9(2,3)11-7-8-12-13-10(4,5)6/h11-12H,7-8H2,1-6H3. The summed E-state index contributed by atoms with van der Waals surface area (Å²) in [6, 6.07) is 0. The Morgan fingerprint density at radius 1 is 0.923 bits per heavy atom. The average Bonchev–Trinajstić information content (AvgIpc) is 1.81.